The number of esters is 1. The largest absolute Gasteiger partial charge is 0.493 e. The Kier molecular flexibility index (Phi) is 7.26. The molecule has 7 rings (SSSR count). The molecule has 9 heteroatoms. The van der Waals surface area contributed by atoms with E-state index >= 15 is 0 Å². The van der Waals surface area contributed by atoms with Crippen LogP contribution in [0.2, 0.25) is 0 Å². The summed E-state index contributed by atoms with van der Waals surface area (Å²) in [7, 11) is -2.09. The number of nitrogens with zero attached hydrogens (tertiary/aromatic N) is 1. The third kappa shape index (κ3) is 4.54. The van der Waals surface area contributed by atoms with Crippen molar-refractivity contribution in [3.05, 3.63) is 94.5 Å². The summed E-state index contributed by atoms with van der Waals surface area (Å²) in [5.41, 5.74) is 3.59. The van der Waals surface area contributed by atoms with Crippen LogP contribution in [0.3, 0.4) is 0 Å². The molecule has 232 valence electrons. The van der Waals surface area contributed by atoms with Crippen molar-refractivity contribution in [1.29, 1.82) is 0 Å². The molecule has 3 aromatic rings. The molecule has 2 fully saturated rings. The summed E-state index contributed by atoms with van der Waals surface area (Å²) in [6.45, 7) is 5.04. The number of carbonyl (C=O) groups excluding carboxylic acids is 1. The van der Waals surface area contributed by atoms with Gasteiger partial charge in [0.2, 0.25) is 10.0 Å². The van der Waals surface area contributed by atoms with Gasteiger partial charge in [0.05, 0.1) is 30.4 Å². The number of hydrogen-bond donors (Lipinski definition) is 1. The molecule has 1 saturated carbocycles. The number of nitrogens with one attached hydrogen (secondary N) is 1. The molecule has 1 spiro atoms. The van der Waals surface area contributed by atoms with Crippen LogP contribution in [0, 0.1) is 6.92 Å². The number of aryl methyl sites for hydroxylation is 1. The van der Waals surface area contributed by atoms with Crippen molar-refractivity contribution in [2.75, 3.05) is 20.2 Å². The highest BCUT2D eigenvalue weighted by molar-refractivity contribution is 7.88. The van der Waals surface area contributed by atoms with Crippen molar-refractivity contribution in [3.63, 3.8) is 0 Å². The van der Waals surface area contributed by atoms with Gasteiger partial charge in [-0.25, -0.2) is 13.1 Å². The zero-order valence-corrected chi connectivity index (χ0v) is 26.4. The molecule has 44 heavy (non-hydrogen) atoms. The Balaban J connectivity index is 1.29. The van der Waals surface area contributed by atoms with Gasteiger partial charge in [-0.05, 0) is 73.9 Å². The number of piperidine rings is 1. The Morgan fingerprint density at radius 1 is 1.07 bits per heavy atom. The maximum Gasteiger partial charge on any atom is 0.303 e. The molecule has 2 heterocycles. The Labute approximate surface area is 259 Å². The minimum Gasteiger partial charge on any atom is -0.493 e. The first-order valence-electron chi connectivity index (χ1n) is 15.6. The lowest BCUT2D eigenvalue weighted by molar-refractivity contribution is -0.218. The molecule has 2 aliphatic carbocycles. The van der Waals surface area contributed by atoms with Crippen LogP contribution in [0.4, 0.5) is 0 Å². The van der Waals surface area contributed by atoms with Crippen LogP contribution in [0.5, 0.6) is 11.5 Å². The first kappa shape index (κ1) is 29.3. The summed E-state index contributed by atoms with van der Waals surface area (Å²) in [5, 5.41) is 0. The lowest BCUT2D eigenvalue weighted by atomic mass is 9.48. The topological polar surface area (TPSA) is 94.2 Å². The third-order valence-corrected chi connectivity index (χ3v) is 11.9. The van der Waals surface area contributed by atoms with Crippen LogP contribution in [0.15, 0.2) is 66.7 Å². The number of carbonyl (C=O) groups is 1. The molecular formula is C35H40N2O6S. The number of hydrogen-bond acceptors (Lipinski definition) is 7. The van der Waals surface area contributed by atoms with Crippen LogP contribution in [-0.2, 0) is 43.6 Å². The first-order valence-corrected chi connectivity index (χ1v) is 17.2. The molecule has 2 aliphatic heterocycles. The lowest BCUT2D eigenvalue weighted by Crippen LogP contribution is -2.79. The first-order chi connectivity index (χ1) is 21.2. The number of methoxy groups -OCH3 is 1. The summed E-state index contributed by atoms with van der Waals surface area (Å²) in [5.74, 6) is 0.849. The number of ether oxygens (including phenoxy) is 3. The summed E-state index contributed by atoms with van der Waals surface area (Å²) < 4.78 is 49.6. The van der Waals surface area contributed by atoms with Crippen LogP contribution in [0.25, 0.3) is 0 Å². The van der Waals surface area contributed by atoms with Crippen molar-refractivity contribution in [2.24, 2.45) is 0 Å². The number of sulfonamides is 1. The van der Waals surface area contributed by atoms with Gasteiger partial charge in [0.15, 0.2) is 11.5 Å². The van der Waals surface area contributed by atoms with Gasteiger partial charge in [-0.3, -0.25) is 9.69 Å². The van der Waals surface area contributed by atoms with E-state index in [4.69, 9.17) is 14.2 Å². The highest BCUT2D eigenvalue weighted by atomic mass is 32.2. The fraction of sp³-hybridized carbons (Fsp3) is 0.457. The molecule has 1 N–H and O–H groups in total. The van der Waals surface area contributed by atoms with E-state index < -0.39 is 33.2 Å². The predicted molar refractivity (Wildman–Crippen MR) is 167 cm³/mol. The van der Waals surface area contributed by atoms with Gasteiger partial charge in [0.25, 0.3) is 0 Å². The van der Waals surface area contributed by atoms with E-state index in [1.807, 2.05) is 43.3 Å². The average Bonchev–Trinajstić information content (AvgIpc) is 3.35. The van der Waals surface area contributed by atoms with E-state index in [9.17, 15) is 13.2 Å². The van der Waals surface area contributed by atoms with Crippen molar-refractivity contribution >= 4 is 16.0 Å². The van der Waals surface area contributed by atoms with Gasteiger partial charge in [0, 0.05) is 19.0 Å². The van der Waals surface area contributed by atoms with Crippen LogP contribution >= 0.6 is 0 Å². The monoisotopic (exact) mass is 616 g/mol. The number of benzene rings is 3. The van der Waals surface area contributed by atoms with Gasteiger partial charge in [-0.1, -0.05) is 60.7 Å². The normalized spacial score (nSPS) is 28.6. The van der Waals surface area contributed by atoms with Gasteiger partial charge in [-0.2, -0.15) is 0 Å². The predicted octanol–water partition coefficient (Wildman–Crippen LogP) is 4.46. The average molecular weight is 617 g/mol. The van der Waals surface area contributed by atoms with Gasteiger partial charge in [-0.15, -0.1) is 0 Å². The van der Waals surface area contributed by atoms with Gasteiger partial charge in [0.1, 0.15) is 11.7 Å². The van der Waals surface area contributed by atoms with Crippen LogP contribution in [0.1, 0.15) is 54.0 Å². The van der Waals surface area contributed by atoms with Crippen LogP contribution in [-0.4, -0.2) is 63.3 Å². The van der Waals surface area contributed by atoms with E-state index in [0.717, 1.165) is 48.2 Å². The fourth-order valence-corrected chi connectivity index (χ4v) is 10.3. The zero-order valence-electron chi connectivity index (χ0n) is 25.5. The molecule has 3 aromatic carbocycles. The van der Waals surface area contributed by atoms with E-state index in [1.165, 1.54) is 12.5 Å². The van der Waals surface area contributed by atoms with E-state index in [0.29, 0.717) is 30.8 Å². The number of rotatable bonds is 9. The summed E-state index contributed by atoms with van der Waals surface area (Å²) in [6, 6.07) is 21.5. The minimum atomic E-state index is -3.71. The maximum atomic E-state index is 13.7. The number of likely N-dealkylation sites (tertiary alicyclic amines) is 1. The second-order valence-electron chi connectivity index (χ2n) is 12.8. The maximum absolute atomic E-state index is 13.7. The third-order valence-electron chi connectivity index (χ3n) is 10.5. The molecule has 0 aromatic heterocycles. The smallest absolute Gasteiger partial charge is 0.303 e. The molecule has 8 nitrogen and oxygen atoms in total. The fourth-order valence-electron chi connectivity index (χ4n) is 8.77. The SMILES string of the molecule is COc1ccc2c3c1O[C@H]1[C@H](NS(=O)(=O)Cc4ccccc4C)CC[C@@]4(OC(C)=O)[C@@H](C2)N(CCc2ccccc2)CC[C@]314. The molecule has 5 atom stereocenters. The lowest BCUT2D eigenvalue weighted by Gasteiger charge is -2.65. The standard InChI is InChI=1S/C35H40N2O6S/c1-23-9-7-8-12-27(23)22-44(39,40)36-28-15-17-35(43-24(2)38)30-21-26-13-14-29(41-3)32-31(26)34(35,33(28)42-32)18-20-37(30)19-16-25-10-5-4-6-11-25/h4-14,28,30,33,36H,15-22H2,1-3H3/t28-,30-,33+,34+,35-/m1/s1. The molecule has 1 saturated heterocycles. The molecule has 0 radical (unpaired) electrons. The highest BCUT2D eigenvalue weighted by Crippen LogP contribution is 2.66. The molecule has 0 unspecified atom stereocenters. The summed E-state index contributed by atoms with van der Waals surface area (Å²) in [6.07, 6.45) is 2.76. The minimum absolute atomic E-state index is 0.0636. The van der Waals surface area contributed by atoms with Crippen molar-refractivity contribution < 1.29 is 27.4 Å². The molecule has 2 bridgehead atoms. The van der Waals surface area contributed by atoms with Crippen LogP contribution < -0.4 is 14.2 Å². The van der Waals surface area contributed by atoms with E-state index in [-0.39, 0.29) is 17.8 Å². The van der Waals surface area contributed by atoms with Gasteiger partial charge < -0.3 is 14.2 Å². The quantitative estimate of drug-likeness (QED) is 0.355. The summed E-state index contributed by atoms with van der Waals surface area (Å²) in [4.78, 5) is 15.5. The summed E-state index contributed by atoms with van der Waals surface area (Å²) >= 11 is 0. The Morgan fingerprint density at radius 2 is 1.84 bits per heavy atom. The van der Waals surface area contributed by atoms with Crippen molar-refractivity contribution in [3.8, 4) is 11.5 Å². The Hall–Kier alpha value is -3.40. The van der Waals surface area contributed by atoms with Gasteiger partial charge >= 0.3 is 5.97 Å². The van der Waals surface area contributed by atoms with Crippen molar-refractivity contribution in [2.45, 2.75) is 80.9 Å². The second-order valence-corrected chi connectivity index (χ2v) is 14.6. The Bertz CT molecular complexity index is 1690. The van der Waals surface area contributed by atoms with E-state index in [2.05, 4.69) is 40.0 Å². The zero-order chi connectivity index (χ0) is 30.7. The Morgan fingerprint density at radius 3 is 2.59 bits per heavy atom. The molecular weight excluding hydrogens is 576 g/mol. The molecule has 4 aliphatic rings. The van der Waals surface area contributed by atoms with Crippen molar-refractivity contribution in [1.82, 2.24) is 9.62 Å². The second kappa shape index (κ2) is 10.9. The highest BCUT2D eigenvalue weighted by Gasteiger charge is 2.75. The molecule has 0 amide bonds. The van der Waals surface area contributed by atoms with E-state index in [1.54, 1.807) is 7.11 Å².